The molecule has 0 aromatic heterocycles. The van der Waals surface area contributed by atoms with Crippen LogP contribution >= 0.6 is 0 Å². The maximum atomic E-state index is 12.8. The lowest BCUT2D eigenvalue weighted by atomic mass is 9.93. The van der Waals surface area contributed by atoms with Gasteiger partial charge in [0.1, 0.15) is 0 Å². The molecular formula is C22H40N4O2. The molecule has 3 fully saturated rings. The van der Waals surface area contributed by atoms with Gasteiger partial charge in [-0.1, -0.05) is 12.8 Å². The molecule has 3 saturated heterocycles. The fourth-order valence-corrected chi connectivity index (χ4v) is 5.00. The molecule has 0 saturated carbocycles. The van der Waals surface area contributed by atoms with Crippen molar-refractivity contribution in [1.29, 1.82) is 0 Å². The first kappa shape index (κ1) is 21.6. The zero-order valence-electron chi connectivity index (χ0n) is 17.8. The third kappa shape index (κ3) is 6.18. The van der Waals surface area contributed by atoms with Gasteiger partial charge in [-0.3, -0.25) is 14.5 Å². The number of hydrogen-bond acceptors (Lipinski definition) is 4. The molecule has 3 aliphatic rings. The molecule has 6 heteroatoms. The lowest BCUT2D eigenvalue weighted by Gasteiger charge is -2.36. The quantitative estimate of drug-likeness (QED) is 0.751. The smallest absolute Gasteiger partial charge is 0.236 e. The molecule has 0 bridgehead atoms. The minimum absolute atomic E-state index is 0.130. The number of rotatable bonds is 6. The number of hydrogen-bond donors (Lipinski definition) is 1. The number of amides is 2. The van der Waals surface area contributed by atoms with E-state index in [1.165, 1.54) is 32.1 Å². The van der Waals surface area contributed by atoms with Crippen molar-refractivity contribution in [2.45, 2.75) is 57.8 Å². The minimum atomic E-state index is 0.130. The highest BCUT2D eigenvalue weighted by Crippen LogP contribution is 2.23. The summed E-state index contributed by atoms with van der Waals surface area (Å²) in [5, 5.41) is 3.24. The molecule has 160 valence electrons. The van der Waals surface area contributed by atoms with Gasteiger partial charge in [0.05, 0.1) is 6.54 Å². The van der Waals surface area contributed by atoms with Gasteiger partial charge < -0.3 is 15.1 Å². The van der Waals surface area contributed by atoms with Crippen molar-refractivity contribution in [3.8, 4) is 0 Å². The summed E-state index contributed by atoms with van der Waals surface area (Å²) in [4.78, 5) is 32.0. The normalized spacial score (nSPS) is 23.6. The van der Waals surface area contributed by atoms with Crippen LogP contribution in [-0.4, -0.2) is 85.9 Å². The molecule has 2 amide bonds. The van der Waals surface area contributed by atoms with Crippen molar-refractivity contribution in [3.63, 3.8) is 0 Å². The molecule has 0 aromatic carbocycles. The van der Waals surface area contributed by atoms with Gasteiger partial charge in [0.25, 0.3) is 0 Å². The van der Waals surface area contributed by atoms with Crippen LogP contribution in [0.3, 0.4) is 0 Å². The second-order valence-electron chi connectivity index (χ2n) is 9.01. The Morgan fingerprint density at radius 2 is 1.46 bits per heavy atom. The Bertz CT molecular complexity index is 489. The van der Waals surface area contributed by atoms with Gasteiger partial charge >= 0.3 is 0 Å². The van der Waals surface area contributed by atoms with Crippen LogP contribution in [0.4, 0.5) is 0 Å². The van der Waals surface area contributed by atoms with E-state index in [9.17, 15) is 9.59 Å². The van der Waals surface area contributed by atoms with Gasteiger partial charge in [0.15, 0.2) is 0 Å². The molecule has 0 radical (unpaired) electrons. The Morgan fingerprint density at radius 3 is 2.07 bits per heavy atom. The summed E-state index contributed by atoms with van der Waals surface area (Å²) < 4.78 is 0. The van der Waals surface area contributed by atoms with E-state index in [4.69, 9.17) is 0 Å². The second kappa shape index (κ2) is 11.1. The largest absolute Gasteiger partial charge is 0.342 e. The highest BCUT2D eigenvalue weighted by Gasteiger charge is 2.31. The van der Waals surface area contributed by atoms with Crippen molar-refractivity contribution in [3.05, 3.63) is 0 Å². The highest BCUT2D eigenvalue weighted by molar-refractivity contribution is 5.81. The Morgan fingerprint density at radius 1 is 0.821 bits per heavy atom. The van der Waals surface area contributed by atoms with Gasteiger partial charge in [0, 0.05) is 32.1 Å². The summed E-state index contributed by atoms with van der Waals surface area (Å²) >= 11 is 0. The van der Waals surface area contributed by atoms with Crippen LogP contribution in [0.1, 0.15) is 57.8 Å². The van der Waals surface area contributed by atoms with Gasteiger partial charge in [0.2, 0.25) is 11.8 Å². The molecule has 3 aliphatic heterocycles. The van der Waals surface area contributed by atoms with Crippen LogP contribution in [0.25, 0.3) is 0 Å². The average molecular weight is 393 g/mol. The molecule has 3 rings (SSSR count). The number of carbonyl (C=O) groups excluding carboxylic acids is 2. The second-order valence-corrected chi connectivity index (χ2v) is 9.01. The third-order valence-electron chi connectivity index (χ3n) is 6.98. The highest BCUT2D eigenvalue weighted by atomic mass is 16.2. The first-order chi connectivity index (χ1) is 13.7. The predicted molar refractivity (Wildman–Crippen MR) is 112 cm³/mol. The lowest BCUT2D eigenvalue weighted by molar-refractivity contribution is -0.141. The van der Waals surface area contributed by atoms with Crippen molar-refractivity contribution in [2.24, 2.45) is 11.8 Å². The Labute approximate surface area is 171 Å². The van der Waals surface area contributed by atoms with E-state index in [-0.39, 0.29) is 11.8 Å². The Hall–Kier alpha value is -1.14. The lowest BCUT2D eigenvalue weighted by Crippen LogP contribution is -2.48. The van der Waals surface area contributed by atoms with Crippen LogP contribution in [0, 0.1) is 11.8 Å². The zero-order valence-corrected chi connectivity index (χ0v) is 17.8. The zero-order chi connectivity index (χ0) is 19.8. The molecule has 1 N–H and O–H groups in total. The van der Waals surface area contributed by atoms with E-state index in [0.717, 1.165) is 77.4 Å². The number of nitrogens with one attached hydrogen (secondary N) is 1. The van der Waals surface area contributed by atoms with Crippen LogP contribution < -0.4 is 5.32 Å². The Kier molecular flexibility index (Phi) is 8.59. The van der Waals surface area contributed by atoms with Crippen molar-refractivity contribution in [1.82, 2.24) is 20.0 Å². The van der Waals surface area contributed by atoms with Crippen LogP contribution in [0.15, 0.2) is 0 Å². The van der Waals surface area contributed by atoms with Gasteiger partial charge in [-0.15, -0.1) is 0 Å². The van der Waals surface area contributed by atoms with Crippen molar-refractivity contribution < 1.29 is 9.59 Å². The molecule has 28 heavy (non-hydrogen) atoms. The minimum Gasteiger partial charge on any atom is -0.342 e. The molecule has 0 unspecified atom stereocenters. The predicted octanol–water partition coefficient (Wildman–Crippen LogP) is 1.95. The third-order valence-corrected chi connectivity index (χ3v) is 6.98. The van der Waals surface area contributed by atoms with Crippen molar-refractivity contribution >= 4 is 11.8 Å². The molecule has 0 aromatic rings. The van der Waals surface area contributed by atoms with Crippen LogP contribution in [0.2, 0.25) is 0 Å². The monoisotopic (exact) mass is 392 g/mol. The summed E-state index contributed by atoms with van der Waals surface area (Å²) in [7, 11) is 2.01. The SMILES string of the molecule is CNCCC1CCN(CC(=O)N2CCC(C(=O)N3CCCCCC3)CC2)CC1. The standard InChI is InChI=1S/C22H40N4O2/c1-23-11-6-19-7-14-24(15-8-19)18-21(27)25-16-9-20(10-17-25)22(28)26-12-4-2-3-5-13-26/h19-20,23H,2-18H2,1H3. The van der Waals surface area contributed by atoms with Gasteiger partial charge in [-0.25, -0.2) is 0 Å². The first-order valence-corrected chi connectivity index (χ1v) is 11.6. The van der Waals surface area contributed by atoms with E-state index in [1.54, 1.807) is 0 Å². The first-order valence-electron chi connectivity index (χ1n) is 11.6. The van der Waals surface area contributed by atoms with E-state index in [1.807, 2.05) is 11.9 Å². The molecule has 0 spiro atoms. The van der Waals surface area contributed by atoms with Gasteiger partial charge in [-0.05, 0) is 77.5 Å². The molecule has 3 heterocycles. The van der Waals surface area contributed by atoms with Crippen LogP contribution in [-0.2, 0) is 9.59 Å². The molecule has 0 atom stereocenters. The summed E-state index contributed by atoms with van der Waals surface area (Å²) in [6, 6.07) is 0. The van der Waals surface area contributed by atoms with Crippen LogP contribution in [0.5, 0.6) is 0 Å². The Balaban J connectivity index is 1.36. The summed E-state index contributed by atoms with van der Waals surface area (Å²) in [5.74, 6) is 1.54. The summed E-state index contributed by atoms with van der Waals surface area (Å²) in [6.07, 6.45) is 10.1. The number of likely N-dealkylation sites (tertiary alicyclic amines) is 3. The fraction of sp³-hybridized carbons (Fsp3) is 0.909. The van der Waals surface area contributed by atoms with E-state index in [0.29, 0.717) is 12.5 Å². The van der Waals surface area contributed by atoms with E-state index >= 15 is 0 Å². The summed E-state index contributed by atoms with van der Waals surface area (Å²) in [5.41, 5.74) is 0. The van der Waals surface area contributed by atoms with Crippen molar-refractivity contribution in [2.75, 3.05) is 59.4 Å². The number of nitrogens with zero attached hydrogens (tertiary/aromatic N) is 3. The maximum Gasteiger partial charge on any atom is 0.236 e. The fourth-order valence-electron chi connectivity index (χ4n) is 5.00. The molecular weight excluding hydrogens is 352 g/mol. The average Bonchev–Trinajstić information content (AvgIpc) is 3.02. The topological polar surface area (TPSA) is 55.9 Å². The van der Waals surface area contributed by atoms with E-state index in [2.05, 4.69) is 15.1 Å². The maximum absolute atomic E-state index is 12.8. The number of piperidine rings is 2. The molecule has 0 aliphatic carbocycles. The number of carbonyl (C=O) groups is 2. The summed E-state index contributed by atoms with van der Waals surface area (Å²) in [6.45, 7) is 7.11. The van der Waals surface area contributed by atoms with E-state index < -0.39 is 0 Å². The van der Waals surface area contributed by atoms with Gasteiger partial charge in [-0.2, -0.15) is 0 Å². The molecule has 6 nitrogen and oxygen atoms in total.